The van der Waals surface area contributed by atoms with Crippen LogP contribution < -0.4 is 15.5 Å². The molecule has 27 heavy (non-hydrogen) atoms. The number of hydrogen-bond donors (Lipinski definition) is 2. The van der Waals surface area contributed by atoms with E-state index < -0.39 is 11.9 Å². The highest BCUT2D eigenvalue weighted by Crippen LogP contribution is 2.29. The highest BCUT2D eigenvalue weighted by atomic mass is 127. The van der Waals surface area contributed by atoms with E-state index in [1.165, 1.54) is 0 Å². The Hall–Kier alpha value is -1.56. The van der Waals surface area contributed by atoms with Crippen LogP contribution in [0.1, 0.15) is 17.6 Å². The van der Waals surface area contributed by atoms with E-state index in [0.717, 1.165) is 22.4 Å². The van der Waals surface area contributed by atoms with Gasteiger partial charge in [-0.2, -0.15) is 13.2 Å². The van der Waals surface area contributed by atoms with E-state index in [2.05, 4.69) is 32.4 Å². The predicted octanol–water partition coefficient (Wildman–Crippen LogP) is 3.97. The first-order valence-electron chi connectivity index (χ1n) is 8.05. The van der Waals surface area contributed by atoms with Gasteiger partial charge in [-0.25, -0.2) is 4.98 Å². The quantitative estimate of drug-likeness (QED) is 0.349. The minimum Gasteiger partial charge on any atom is -0.370 e. The second-order valence-electron chi connectivity index (χ2n) is 5.73. The van der Waals surface area contributed by atoms with Crippen LogP contribution in [0.25, 0.3) is 0 Å². The van der Waals surface area contributed by atoms with Crippen LogP contribution in [0.2, 0.25) is 0 Å². The lowest BCUT2D eigenvalue weighted by Gasteiger charge is -2.27. The molecule has 1 aromatic carbocycles. The number of guanidine groups is 1. The van der Waals surface area contributed by atoms with Crippen molar-refractivity contribution in [2.24, 2.45) is 4.99 Å². The normalized spacial score (nSPS) is 12.9. The topological polar surface area (TPSA) is 52.6 Å². The molecule has 0 aliphatic heterocycles. The number of aromatic nitrogens is 1. The molecule has 1 unspecified atom stereocenters. The third-order valence-electron chi connectivity index (χ3n) is 3.86. The molecule has 1 heterocycles. The number of thiazole rings is 1. The van der Waals surface area contributed by atoms with Gasteiger partial charge in [0.1, 0.15) is 5.01 Å². The van der Waals surface area contributed by atoms with Crippen molar-refractivity contribution in [1.82, 2.24) is 15.6 Å². The van der Waals surface area contributed by atoms with Crippen LogP contribution >= 0.6 is 35.3 Å². The van der Waals surface area contributed by atoms with E-state index >= 15 is 0 Å². The average Bonchev–Trinajstić information content (AvgIpc) is 3.11. The van der Waals surface area contributed by atoms with Crippen LogP contribution in [0.4, 0.5) is 18.9 Å². The first kappa shape index (κ1) is 23.5. The summed E-state index contributed by atoms with van der Waals surface area (Å²) in [6.07, 6.45) is -4.41. The molecule has 0 saturated carbocycles. The van der Waals surface area contributed by atoms with Crippen molar-refractivity contribution in [2.75, 3.05) is 25.5 Å². The minimum absolute atomic E-state index is 0. The molecule has 0 saturated heterocycles. The molecule has 2 rings (SSSR count). The molecule has 0 spiro atoms. The molecule has 0 radical (unpaired) electrons. The molecule has 0 aliphatic rings. The number of nitrogens with zero attached hydrogens (tertiary/aromatic N) is 3. The van der Waals surface area contributed by atoms with Gasteiger partial charge in [0, 0.05) is 37.7 Å². The number of alkyl halides is 3. The van der Waals surface area contributed by atoms with Crippen LogP contribution in [0.15, 0.2) is 40.7 Å². The van der Waals surface area contributed by atoms with Gasteiger partial charge >= 0.3 is 6.18 Å². The van der Waals surface area contributed by atoms with Gasteiger partial charge in [0.15, 0.2) is 11.7 Å². The first-order valence-corrected chi connectivity index (χ1v) is 8.93. The summed E-state index contributed by atoms with van der Waals surface area (Å²) in [4.78, 5) is 9.82. The summed E-state index contributed by atoms with van der Waals surface area (Å²) in [5.41, 5.74) is 0.243. The van der Waals surface area contributed by atoms with Gasteiger partial charge in [-0.3, -0.25) is 4.99 Å². The Balaban J connectivity index is 0.00000364. The Bertz CT molecular complexity index is 721. The van der Waals surface area contributed by atoms with Crippen LogP contribution in [0.5, 0.6) is 0 Å². The van der Waals surface area contributed by atoms with Crippen LogP contribution in [0.3, 0.4) is 0 Å². The molecule has 2 aromatic rings. The molecule has 0 aliphatic carbocycles. The Labute approximate surface area is 178 Å². The molecule has 2 N–H and O–H groups in total. The molecule has 10 heteroatoms. The van der Waals surface area contributed by atoms with Crippen molar-refractivity contribution >= 4 is 47.0 Å². The number of benzene rings is 1. The smallest absolute Gasteiger partial charge is 0.370 e. The molecule has 0 bridgehead atoms. The van der Waals surface area contributed by atoms with Gasteiger partial charge in [-0.05, 0) is 19.1 Å². The average molecular weight is 513 g/mol. The number of hydrogen-bond acceptors (Lipinski definition) is 4. The second-order valence-corrected chi connectivity index (χ2v) is 6.67. The van der Waals surface area contributed by atoms with Crippen molar-refractivity contribution < 1.29 is 13.2 Å². The van der Waals surface area contributed by atoms with Crippen LogP contribution in [-0.4, -0.2) is 37.6 Å². The fraction of sp³-hybridized carbons (Fsp3) is 0.412. The third-order valence-corrected chi connectivity index (χ3v) is 4.71. The first-order chi connectivity index (χ1) is 12.3. The number of para-hydroxylation sites is 1. The summed E-state index contributed by atoms with van der Waals surface area (Å²) in [5, 5.41) is 7.54. The molecule has 150 valence electrons. The van der Waals surface area contributed by atoms with E-state index in [4.69, 9.17) is 0 Å². The van der Waals surface area contributed by atoms with E-state index in [1.807, 2.05) is 37.4 Å². The fourth-order valence-corrected chi connectivity index (χ4v) is 2.94. The summed E-state index contributed by atoms with van der Waals surface area (Å²) >= 11 is 0.971. The van der Waals surface area contributed by atoms with Crippen molar-refractivity contribution in [3.05, 3.63) is 46.4 Å². The SMILES string of the molecule is CN=C(NCc1nc(C(F)(F)F)cs1)NCC(C)N(C)c1ccccc1.I. The molecule has 1 atom stereocenters. The maximum absolute atomic E-state index is 12.6. The Morgan fingerprint density at radius 3 is 2.48 bits per heavy atom. The standard InChI is InChI=1S/C17H22F3N5S.HI/c1-12(25(3)13-7-5-4-6-8-13)9-22-16(21-2)23-10-15-24-14(11-26-15)17(18,19)20;/h4-8,11-12H,9-10H2,1-3H3,(H2,21,22,23);1H. The minimum atomic E-state index is -4.41. The van der Waals surface area contributed by atoms with Gasteiger partial charge < -0.3 is 15.5 Å². The summed E-state index contributed by atoms with van der Waals surface area (Å²) in [6.45, 7) is 2.88. The summed E-state index contributed by atoms with van der Waals surface area (Å²) in [7, 11) is 3.62. The van der Waals surface area contributed by atoms with Crippen LogP contribution in [-0.2, 0) is 12.7 Å². The molecule has 1 aromatic heterocycles. The lowest BCUT2D eigenvalue weighted by atomic mass is 10.2. The van der Waals surface area contributed by atoms with Gasteiger partial charge in [0.25, 0.3) is 0 Å². The van der Waals surface area contributed by atoms with Gasteiger partial charge in [-0.15, -0.1) is 35.3 Å². The summed E-state index contributed by atoms with van der Waals surface area (Å²) in [5.74, 6) is 0.516. The number of anilines is 1. The Morgan fingerprint density at radius 2 is 1.93 bits per heavy atom. The zero-order valence-electron chi connectivity index (χ0n) is 15.2. The van der Waals surface area contributed by atoms with E-state index in [1.54, 1.807) is 7.05 Å². The summed E-state index contributed by atoms with van der Waals surface area (Å²) < 4.78 is 37.7. The lowest BCUT2D eigenvalue weighted by Crippen LogP contribution is -2.44. The van der Waals surface area contributed by atoms with Crippen molar-refractivity contribution in [1.29, 1.82) is 0 Å². The van der Waals surface area contributed by atoms with E-state index in [-0.39, 0.29) is 36.6 Å². The largest absolute Gasteiger partial charge is 0.434 e. The van der Waals surface area contributed by atoms with Crippen LogP contribution in [0, 0.1) is 0 Å². The third kappa shape index (κ3) is 7.17. The maximum atomic E-state index is 12.6. The second kappa shape index (κ2) is 10.7. The number of nitrogens with one attached hydrogen (secondary N) is 2. The zero-order chi connectivity index (χ0) is 19.2. The van der Waals surface area contributed by atoms with Gasteiger partial charge in [0.2, 0.25) is 0 Å². The maximum Gasteiger partial charge on any atom is 0.434 e. The van der Waals surface area contributed by atoms with Gasteiger partial charge in [0.05, 0.1) is 6.54 Å². The summed E-state index contributed by atoms with van der Waals surface area (Å²) in [6, 6.07) is 10.2. The Morgan fingerprint density at radius 1 is 1.26 bits per heavy atom. The molecule has 5 nitrogen and oxygen atoms in total. The highest BCUT2D eigenvalue weighted by molar-refractivity contribution is 14.0. The number of halogens is 4. The number of rotatable bonds is 6. The van der Waals surface area contributed by atoms with Crippen molar-refractivity contribution in [3.8, 4) is 0 Å². The highest BCUT2D eigenvalue weighted by Gasteiger charge is 2.33. The Kier molecular flexibility index (Phi) is 9.30. The zero-order valence-corrected chi connectivity index (χ0v) is 18.4. The monoisotopic (exact) mass is 513 g/mol. The predicted molar refractivity (Wildman–Crippen MR) is 115 cm³/mol. The van der Waals surface area contributed by atoms with Crippen molar-refractivity contribution in [2.45, 2.75) is 25.7 Å². The molecular formula is C17H23F3IN5S. The number of aliphatic imine (C=N–C) groups is 1. The molecule has 0 amide bonds. The fourth-order valence-electron chi connectivity index (χ4n) is 2.20. The van der Waals surface area contributed by atoms with Gasteiger partial charge in [-0.1, -0.05) is 18.2 Å². The molecular weight excluding hydrogens is 490 g/mol. The lowest BCUT2D eigenvalue weighted by molar-refractivity contribution is -0.140. The number of likely N-dealkylation sites (N-methyl/N-ethyl adjacent to an activating group) is 1. The molecule has 0 fully saturated rings. The van der Waals surface area contributed by atoms with E-state index in [0.29, 0.717) is 17.5 Å². The van der Waals surface area contributed by atoms with E-state index in [9.17, 15) is 13.2 Å². The van der Waals surface area contributed by atoms with Crippen molar-refractivity contribution in [3.63, 3.8) is 0 Å².